The third kappa shape index (κ3) is 3.10. The van der Waals surface area contributed by atoms with Crippen molar-refractivity contribution < 1.29 is 14.6 Å². The van der Waals surface area contributed by atoms with Gasteiger partial charge in [-0.05, 0) is 30.9 Å². The van der Waals surface area contributed by atoms with Gasteiger partial charge in [0, 0.05) is 6.20 Å². The van der Waals surface area contributed by atoms with Crippen LogP contribution in [-0.2, 0) is 4.74 Å². The number of pyridine rings is 1. The SMILES string of the molecule is COC(=O)c1cccnc1NC1(CO)CCCC(C)C1. The maximum Gasteiger partial charge on any atom is 0.341 e. The van der Waals surface area contributed by atoms with E-state index in [1.807, 2.05) is 0 Å². The van der Waals surface area contributed by atoms with E-state index in [4.69, 9.17) is 4.74 Å². The predicted molar refractivity (Wildman–Crippen MR) is 76.6 cm³/mol. The number of aromatic nitrogens is 1. The summed E-state index contributed by atoms with van der Waals surface area (Å²) in [5, 5.41) is 13.1. The maximum absolute atomic E-state index is 11.8. The third-order valence-corrected chi connectivity index (χ3v) is 3.99. The first-order chi connectivity index (χ1) is 9.60. The van der Waals surface area contributed by atoms with E-state index in [1.54, 1.807) is 18.3 Å². The maximum atomic E-state index is 11.8. The number of esters is 1. The molecule has 0 bridgehead atoms. The smallest absolute Gasteiger partial charge is 0.341 e. The number of nitrogens with one attached hydrogen (secondary N) is 1. The first-order valence-electron chi connectivity index (χ1n) is 7.02. The molecule has 0 radical (unpaired) electrons. The van der Waals surface area contributed by atoms with Crippen molar-refractivity contribution in [2.24, 2.45) is 5.92 Å². The van der Waals surface area contributed by atoms with Crippen molar-refractivity contribution in [3.63, 3.8) is 0 Å². The number of carbonyl (C=O) groups is 1. The van der Waals surface area contributed by atoms with Crippen LogP contribution in [0, 0.1) is 5.92 Å². The van der Waals surface area contributed by atoms with Gasteiger partial charge in [-0.1, -0.05) is 19.8 Å². The van der Waals surface area contributed by atoms with Gasteiger partial charge in [0.15, 0.2) is 0 Å². The molecule has 0 aromatic carbocycles. The van der Waals surface area contributed by atoms with Crippen LogP contribution >= 0.6 is 0 Å². The van der Waals surface area contributed by atoms with Crippen LogP contribution in [0.1, 0.15) is 43.0 Å². The van der Waals surface area contributed by atoms with Crippen LogP contribution in [0.25, 0.3) is 0 Å². The second-order valence-corrected chi connectivity index (χ2v) is 5.66. The van der Waals surface area contributed by atoms with Gasteiger partial charge in [-0.2, -0.15) is 0 Å². The Labute approximate surface area is 119 Å². The second kappa shape index (κ2) is 6.22. The van der Waals surface area contributed by atoms with Gasteiger partial charge in [-0.15, -0.1) is 0 Å². The summed E-state index contributed by atoms with van der Waals surface area (Å²) < 4.78 is 4.77. The molecule has 1 aliphatic carbocycles. The number of carbonyl (C=O) groups excluding carboxylic acids is 1. The van der Waals surface area contributed by atoms with Gasteiger partial charge < -0.3 is 15.2 Å². The molecule has 2 rings (SSSR count). The molecule has 1 heterocycles. The molecule has 0 amide bonds. The van der Waals surface area contributed by atoms with Gasteiger partial charge in [0.05, 0.1) is 19.3 Å². The predicted octanol–water partition coefficient (Wildman–Crippen LogP) is 2.22. The van der Waals surface area contributed by atoms with Gasteiger partial charge in [0.2, 0.25) is 0 Å². The Morgan fingerprint density at radius 3 is 3.10 bits per heavy atom. The van der Waals surface area contributed by atoms with Gasteiger partial charge in [0.25, 0.3) is 0 Å². The van der Waals surface area contributed by atoms with Crippen LogP contribution in [0.4, 0.5) is 5.82 Å². The zero-order chi connectivity index (χ0) is 14.6. The second-order valence-electron chi connectivity index (χ2n) is 5.66. The number of methoxy groups -OCH3 is 1. The number of ether oxygens (including phenoxy) is 1. The highest BCUT2D eigenvalue weighted by molar-refractivity contribution is 5.94. The number of hydrogen-bond donors (Lipinski definition) is 2. The van der Waals surface area contributed by atoms with Crippen molar-refractivity contribution in [1.82, 2.24) is 4.98 Å². The van der Waals surface area contributed by atoms with Gasteiger partial charge in [-0.25, -0.2) is 9.78 Å². The lowest BCUT2D eigenvalue weighted by molar-refractivity contribution is 0.0601. The fourth-order valence-corrected chi connectivity index (χ4v) is 2.99. The minimum absolute atomic E-state index is 0.0362. The van der Waals surface area contributed by atoms with Crippen LogP contribution in [0.2, 0.25) is 0 Å². The summed E-state index contributed by atoms with van der Waals surface area (Å²) in [5.41, 5.74) is 0.00970. The lowest BCUT2D eigenvalue weighted by Crippen LogP contribution is -2.46. The molecule has 1 aromatic rings. The van der Waals surface area contributed by atoms with Crippen molar-refractivity contribution in [1.29, 1.82) is 0 Å². The third-order valence-electron chi connectivity index (χ3n) is 3.99. The van der Waals surface area contributed by atoms with Gasteiger partial charge in [0.1, 0.15) is 11.4 Å². The Balaban J connectivity index is 2.25. The van der Waals surface area contributed by atoms with E-state index in [9.17, 15) is 9.90 Å². The molecule has 2 N–H and O–H groups in total. The monoisotopic (exact) mass is 278 g/mol. The Morgan fingerprint density at radius 1 is 1.65 bits per heavy atom. The first-order valence-corrected chi connectivity index (χ1v) is 7.02. The summed E-state index contributed by atoms with van der Waals surface area (Å²) in [6, 6.07) is 3.38. The van der Waals surface area contributed by atoms with Crippen LogP contribution < -0.4 is 5.32 Å². The molecule has 5 nitrogen and oxygen atoms in total. The number of anilines is 1. The molecule has 0 aliphatic heterocycles. The number of hydrogen-bond acceptors (Lipinski definition) is 5. The molecular formula is C15H22N2O3. The standard InChI is InChI=1S/C15H22N2O3/c1-11-5-3-7-15(9-11,10-18)17-13-12(14(19)20-2)6-4-8-16-13/h4,6,8,11,18H,3,5,7,9-10H2,1-2H3,(H,16,17). The summed E-state index contributed by atoms with van der Waals surface area (Å²) in [7, 11) is 1.35. The minimum atomic E-state index is -0.419. The summed E-state index contributed by atoms with van der Waals surface area (Å²) in [5.74, 6) is 0.619. The molecular weight excluding hydrogens is 256 g/mol. The molecule has 1 saturated carbocycles. The van der Waals surface area contributed by atoms with Gasteiger partial charge in [-0.3, -0.25) is 0 Å². The van der Waals surface area contributed by atoms with E-state index in [1.165, 1.54) is 13.5 Å². The van der Waals surface area contributed by atoms with Crippen molar-refractivity contribution in [3.8, 4) is 0 Å². The van der Waals surface area contributed by atoms with E-state index in [2.05, 4.69) is 17.2 Å². The number of rotatable bonds is 4. The zero-order valence-corrected chi connectivity index (χ0v) is 12.1. The molecule has 0 saturated heterocycles. The van der Waals surface area contributed by atoms with E-state index in [-0.39, 0.29) is 6.61 Å². The van der Waals surface area contributed by atoms with Crippen molar-refractivity contribution in [2.45, 2.75) is 38.1 Å². The molecule has 0 spiro atoms. The van der Waals surface area contributed by atoms with E-state index < -0.39 is 11.5 Å². The molecule has 20 heavy (non-hydrogen) atoms. The summed E-state index contributed by atoms with van der Waals surface area (Å²) in [6.45, 7) is 2.22. The topological polar surface area (TPSA) is 71.5 Å². The van der Waals surface area contributed by atoms with Crippen LogP contribution in [0.3, 0.4) is 0 Å². The highest BCUT2D eigenvalue weighted by Gasteiger charge is 2.35. The molecule has 110 valence electrons. The van der Waals surface area contributed by atoms with Crippen molar-refractivity contribution >= 4 is 11.8 Å². The lowest BCUT2D eigenvalue weighted by atomic mass is 9.77. The highest BCUT2D eigenvalue weighted by Crippen LogP contribution is 2.35. The van der Waals surface area contributed by atoms with Gasteiger partial charge >= 0.3 is 5.97 Å². The minimum Gasteiger partial charge on any atom is -0.465 e. The average Bonchev–Trinajstić information content (AvgIpc) is 2.47. The summed E-state index contributed by atoms with van der Waals surface area (Å²) in [6.07, 6.45) is 5.63. The van der Waals surface area contributed by atoms with E-state index in [0.29, 0.717) is 17.3 Å². The molecule has 1 fully saturated rings. The zero-order valence-electron chi connectivity index (χ0n) is 12.1. The first kappa shape index (κ1) is 14.8. The Hall–Kier alpha value is -1.62. The van der Waals surface area contributed by atoms with Crippen LogP contribution in [0.5, 0.6) is 0 Å². The average molecular weight is 278 g/mol. The van der Waals surface area contributed by atoms with E-state index in [0.717, 1.165) is 19.3 Å². The summed E-state index contributed by atoms with van der Waals surface area (Å²) >= 11 is 0. The Kier molecular flexibility index (Phi) is 4.60. The molecule has 1 aliphatic rings. The van der Waals surface area contributed by atoms with Crippen molar-refractivity contribution in [2.75, 3.05) is 19.0 Å². The largest absolute Gasteiger partial charge is 0.465 e. The fourth-order valence-electron chi connectivity index (χ4n) is 2.99. The van der Waals surface area contributed by atoms with Crippen LogP contribution in [-0.4, -0.2) is 35.3 Å². The molecule has 2 atom stereocenters. The fraction of sp³-hybridized carbons (Fsp3) is 0.600. The number of nitrogens with zero attached hydrogens (tertiary/aromatic N) is 1. The Bertz CT molecular complexity index is 478. The number of aliphatic hydroxyl groups excluding tert-OH is 1. The van der Waals surface area contributed by atoms with Crippen molar-refractivity contribution in [3.05, 3.63) is 23.9 Å². The Morgan fingerprint density at radius 2 is 2.45 bits per heavy atom. The normalized spacial score (nSPS) is 26.1. The number of aliphatic hydroxyl groups is 1. The quantitative estimate of drug-likeness (QED) is 0.826. The molecule has 2 unspecified atom stereocenters. The lowest BCUT2D eigenvalue weighted by Gasteiger charge is -2.40. The van der Waals surface area contributed by atoms with E-state index >= 15 is 0 Å². The highest BCUT2D eigenvalue weighted by atomic mass is 16.5. The molecule has 5 heteroatoms. The molecule has 1 aromatic heterocycles. The summed E-state index contributed by atoms with van der Waals surface area (Å²) in [4.78, 5) is 16.0. The van der Waals surface area contributed by atoms with Crippen LogP contribution in [0.15, 0.2) is 18.3 Å².